The van der Waals surface area contributed by atoms with E-state index in [4.69, 9.17) is 27.4 Å². The molecule has 0 aliphatic rings. The van der Waals surface area contributed by atoms with Crippen molar-refractivity contribution in [1.82, 2.24) is 4.98 Å². The van der Waals surface area contributed by atoms with Crippen molar-refractivity contribution in [2.75, 3.05) is 6.61 Å². The lowest BCUT2D eigenvalue weighted by Crippen LogP contribution is -2.11. The van der Waals surface area contributed by atoms with Crippen LogP contribution in [-0.4, -0.2) is 16.6 Å². The Morgan fingerprint density at radius 2 is 1.95 bits per heavy atom. The highest BCUT2D eigenvalue weighted by molar-refractivity contribution is 7.80. The average molecular weight is 288 g/mol. The van der Waals surface area contributed by atoms with Crippen molar-refractivity contribution in [3.63, 3.8) is 0 Å². The van der Waals surface area contributed by atoms with Gasteiger partial charge in [0, 0.05) is 6.20 Å². The lowest BCUT2D eigenvalue weighted by atomic mass is 10.2. The van der Waals surface area contributed by atoms with Gasteiger partial charge in [-0.1, -0.05) is 31.3 Å². The van der Waals surface area contributed by atoms with E-state index in [0.29, 0.717) is 29.4 Å². The second-order valence-corrected chi connectivity index (χ2v) is 4.57. The van der Waals surface area contributed by atoms with E-state index in [1.54, 1.807) is 18.5 Å². The van der Waals surface area contributed by atoms with Crippen LogP contribution >= 0.6 is 12.2 Å². The number of hydrogen-bond acceptors (Lipinski definition) is 4. The fourth-order valence-corrected chi connectivity index (χ4v) is 1.82. The predicted molar refractivity (Wildman–Crippen MR) is 82.4 cm³/mol. The largest absolute Gasteiger partial charge is 0.490 e. The first kappa shape index (κ1) is 14.3. The molecule has 2 rings (SSSR count). The highest BCUT2D eigenvalue weighted by Gasteiger charge is 2.10. The fraction of sp³-hybridized carbons (Fsp3) is 0.200. The molecule has 0 aliphatic heterocycles. The smallest absolute Gasteiger partial charge is 0.169 e. The van der Waals surface area contributed by atoms with Crippen LogP contribution in [0.2, 0.25) is 0 Å². The molecule has 1 aromatic carbocycles. The van der Waals surface area contributed by atoms with E-state index in [2.05, 4.69) is 11.9 Å². The Labute approximate surface area is 123 Å². The maximum atomic E-state index is 5.84. The third kappa shape index (κ3) is 3.45. The molecule has 0 aliphatic carbocycles. The first-order chi connectivity index (χ1) is 9.72. The normalized spacial score (nSPS) is 10.1. The maximum absolute atomic E-state index is 5.84. The highest BCUT2D eigenvalue weighted by Crippen LogP contribution is 2.32. The summed E-state index contributed by atoms with van der Waals surface area (Å²) < 4.78 is 11.5. The minimum Gasteiger partial charge on any atom is -0.490 e. The van der Waals surface area contributed by atoms with E-state index < -0.39 is 0 Å². The van der Waals surface area contributed by atoms with Gasteiger partial charge in [0.1, 0.15) is 4.99 Å². The molecule has 0 bridgehead atoms. The van der Waals surface area contributed by atoms with Gasteiger partial charge in [0.2, 0.25) is 0 Å². The first-order valence-electron chi connectivity index (χ1n) is 6.36. The number of thiocarbonyl (C=S) groups is 1. The van der Waals surface area contributed by atoms with Gasteiger partial charge < -0.3 is 15.2 Å². The number of ether oxygens (including phenoxy) is 2. The van der Waals surface area contributed by atoms with Gasteiger partial charge in [-0.25, -0.2) is 0 Å². The molecule has 0 amide bonds. The Balaban J connectivity index is 2.28. The van der Waals surface area contributed by atoms with Crippen molar-refractivity contribution >= 4 is 17.2 Å². The van der Waals surface area contributed by atoms with Crippen LogP contribution < -0.4 is 15.2 Å². The molecule has 0 saturated carbocycles. The quantitative estimate of drug-likeness (QED) is 0.826. The van der Waals surface area contributed by atoms with Gasteiger partial charge in [-0.3, -0.25) is 4.98 Å². The van der Waals surface area contributed by atoms with E-state index >= 15 is 0 Å². The van der Waals surface area contributed by atoms with Crippen LogP contribution in [0.15, 0.2) is 42.7 Å². The zero-order valence-corrected chi connectivity index (χ0v) is 12.0. The molecule has 2 N–H and O–H groups in total. The molecule has 1 aromatic heterocycles. The molecule has 5 heteroatoms. The van der Waals surface area contributed by atoms with Crippen LogP contribution in [0.4, 0.5) is 0 Å². The number of nitrogens with two attached hydrogens (primary N) is 1. The topological polar surface area (TPSA) is 57.4 Å². The number of para-hydroxylation sites is 2. The first-order valence-corrected chi connectivity index (χ1v) is 6.76. The molecule has 0 saturated heterocycles. The molecule has 4 nitrogen and oxygen atoms in total. The molecule has 1 heterocycles. The molecule has 20 heavy (non-hydrogen) atoms. The molecule has 0 atom stereocenters. The van der Waals surface area contributed by atoms with Gasteiger partial charge in [0.05, 0.1) is 18.4 Å². The molecule has 0 unspecified atom stereocenters. The van der Waals surface area contributed by atoms with Crippen molar-refractivity contribution in [2.24, 2.45) is 5.73 Å². The van der Waals surface area contributed by atoms with E-state index in [9.17, 15) is 0 Å². The van der Waals surface area contributed by atoms with E-state index in [1.807, 2.05) is 24.3 Å². The second kappa shape index (κ2) is 6.86. The van der Waals surface area contributed by atoms with Gasteiger partial charge in [-0.2, -0.15) is 0 Å². The van der Waals surface area contributed by atoms with Crippen molar-refractivity contribution in [3.05, 3.63) is 48.3 Å². The number of hydrogen-bond donors (Lipinski definition) is 1. The minimum atomic E-state index is 0.273. The summed E-state index contributed by atoms with van der Waals surface area (Å²) in [5.41, 5.74) is 6.33. The predicted octanol–water partition coefficient (Wildman–Crippen LogP) is 3.30. The fourth-order valence-electron chi connectivity index (χ4n) is 1.65. The Bertz CT molecular complexity index is 602. The minimum absolute atomic E-state index is 0.273. The number of pyridine rings is 1. The van der Waals surface area contributed by atoms with E-state index in [-0.39, 0.29) is 4.99 Å². The number of benzene rings is 1. The van der Waals surface area contributed by atoms with Crippen LogP contribution in [0.5, 0.6) is 17.2 Å². The summed E-state index contributed by atoms with van der Waals surface area (Å²) >= 11 is 5.01. The summed E-state index contributed by atoms with van der Waals surface area (Å²) in [6.45, 7) is 2.69. The summed E-state index contributed by atoms with van der Waals surface area (Å²) in [7, 11) is 0. The molecular formula is C15H16N2O2S. The van der Waals surface area contributed by atoms with Crippen LogP contribution in [0.1, 0.15) is 18.9 Å². The number of nitrogens with zero attached hydrogens (tertiary/aromatic N) is 1. The van der Waals surface area contributed by atoms with Gasteiger partial charge in [0.25, 0.3) is 0 Å². The molecule has 2 aromatic rings. The Hall–Kier alpha value is -2.14. The van der Waals surface area contributed by atoms with Gasteiger partial charge in [0.15, 0.2) is 17.2 Å². The Kier molecular flexibility index (Phi) is 4.90. The van der Waals surface area contributed by atoms with Crippen molar-refractivity contribution in [1.29, 1.82) is 0 Å². The third-order valence-electron chi connectivity index (χ3n) is 2.58. The Morgan fingerprint density at radius 3 is 2.65 bits per heavy atom. The van der Waals surface area contributed by atoms with E-state index in [0.717, 1.165) is 6.42 Å². The van der Waals surface area contributed by atoms with Crippen LogP contribution in [0.3, 0.4) is 0 Å². The van der Waals surface area contributed by atoms with Crippen molar-refractivity contribution in [2.45, 2.75) is 13.3 Å². The van der Waals surface area contributed by atoms with Gasteiger partial charge >= 0.3 is 0 Å². The molecular weight excluding hydrogens is 272 g/mol. The molecule has 0 spiro atoms. The van der Waals surface area contributed by atoms with Gasteiger partial charge in [-0.15, -0.1) is 0 Å². The summed E-state index contributed by atoms with van der Waals surface area (Å²) in [5, 5.41) is 0. The van der Waals surface area contributed by atoms with Crippen molar-refractivity contribution < 1.29 is 9.47 Å². The van der Waals surface area contributed by atoms with Crippen LogP contribution in [0.25, 0.3) is 0 Å². The number of aromatic nitrogens is 1. The maximum Gasteiger partial charge on any atom is 0.169 e. The standard InChI is InChI=1S/C15H16N2O2S/c1-2-9-18-12-5-3-4-6-13(12)19-14-10-17-8-7-11(14)15(16)20/h3-8,10H,2,9H2,1H3,(H2,16,20). The van der Waals surface area contributed by atoms with Crippen LogP contribution in [-0.2, 0) is 0 Å². The Morgan fingerprint density at radius 1 is 1.20 bits per heavy atom. The molecule has 0 fully saturated rings. The van der Waals surface area contributed by atoms with E-state index in [1.165, 1.54) is 0 Å². The average Bonchev–Trinajstić information content (AvgIpc) is 2.47. The second-order valence-electron chi connectivity index (χ2n) is 4.13. The lowest BCUT2D eigenvalue weighted by Gasteiger charge is -2.13. The van der Waals surface area contributed by atoms with Crippen LogP contribution in [0, 0.1) is 0 Å². The SMILES string of the molecule is CCCOc1ccccc1Oc1cnccc1C(N)=S. The summed E-state index contributed by atoms with van der Waals surface area (Å²) in [6, 6.07) is 9.21. The molecule has 104 valence electrons. The summed E-state index contributed by atoms with van der Waals surface area (Å²) in [6.07, 6.45) is 4.14. The zero-order chi connectivity index (χ0) is 14.4. The van der Waals surface area contributed by atoms with Crippen molar-refractivity contribution in [3.8, 4) is 17.2 Å². The highest BCUT2D eigenvalue weighted by atomic mass is 32.1. The monoisotopic (exact) mass is 288 g/mol. The lowest BCUT2D eigenvalue weighted by molar-refractivity contribution is 0.302. The molecule has 0 radical (unpaired) electrons. The zero-order valence-electron chi connectivity index (χ0n) is 11.2. The van der Waals surface area contributed by atoms with Gasteiger partial charge in [-0.05, 0) is 24.6 Å². The third-order valence-corrected chi connectivity index (χ3v) is 2.80. The summed E-state index contributed by atoms with van der Waals surface area (Å²) in [4.78, 5) is 4.31. The summed E-state index contributed by atoms with van der Waals surface area (Å²) in [5.74, 6) is 1.83. The number of rotatable bonds is 6.